The first kappa shape index (κ1) is 11.5. The van der Waals surface area contributed by atoms with Gasteiger partial charge in [0.2, 0.25) is 0 Å². The normalized spacial score (nSPS) is 10.5. The van der Waals surface area contributed by atoms with Gasteiger partial charge in [-0.2, -0.15) is 0 Å². The van der Waals surface area contributed by atoms with Crippen molar-refractivity contribution in [2.75, 3.05) is 0 Å². The second kappa shape index (κ2) is 4.98. The second-order valence-electron chi connectivity index (χ2n) is 4.38. The number of rotatable bonds is 4. The fraction of sp³-hybridized carbons (Fsp3) is 0.0625. The lowest BCUT2D eigenvalue weighted by atomic mass is 10.2. The molecule has 0 aliphatic rings. The Balaban J connectivity index is 1.94. The molecule has 1 N–H and O–H groups in total. The van der Waals surface area contributed by atoms with Gasteiger partial charge in [-0.25, -0.2) is 0 Å². The Morgan fingerprint density at radius 1 is 0.842 bits per heavy atom. The predicted molar refractivity (Wildman–Crippen MR) is 77.6 cm³/mol. The Morgan fingerprint density at radius 2 is 1.53 bits per heavy atom. The smallest absolute Gasteiger partial charge is 0.0453 e. The van der Waals surface area contributed by atoms with Crippen LogP contribution in [-0.4, -0.2) is 15.3 Å². The lowest BCUT2D eigenvalue weighted by Gasteiger charge is -2.09. The van der Waals surface area contributed by atoms with E-state index in [-0.39, 0.29) is 0 Å². The van der Waals surface area contributed by atoms with Crippen LogP contribution in [0.25, 0.3) is 11.4 Å². The van der Waals surface area contributed by atoms with Crippen LogP contribution >= 0.6 is 0 Å². The summed E-state index contributed by atoms with van der Waals surface area (Å²) in [7, 11) is 0. The minimum Gasteiger partial charge on any atom is -0.324 e. The molecular weight excluding hydrogens is 234 g/mol. The molecular formula is C16H15N3. The summed E-state index contributed by atoms with van der Waals surface area (Å²) in [5.74, 6) is 0. The Labute approximate surface area is 112 Å². The summed E-state index contributed by atoms with van der Waals surface area (Å²) in [5, 5.41) is 7.23. The van der Waals surface area contributed by atoms with Crippen molar-refractivity contribution in [2.24, 2.45) is 0 Å². The van der Waals surface area contributed by atoms with Gasteiger partial charge in [0.05, 0.1) is 0 Å². The second-order valence-corrected chi connectivity index (χ2v) is 4.38. The van der Waals surface area contributed by atoms with Crippen molar-refractivity contribution in [2.45, 2.75) is 6.42 Å². The van der Waals surface area contributed by atoms with E-state index in [2.05, 4.69) is 33.4 Å². The molecule has 2 aromatic heterocycles. The molecule has 0 aliphatic heterocycles. The molecule has 0 saturated heterocycles. The monoisotopic (exact) mass is 249 g/mol. The molecule has 0 spiro atoms. The van der Waals surface area contributed by atoms with Gasteiger partial charge in [-0.15, -0.1) is 0 Å². The zero-order chi connectivity index (χ0) is 13.1. The van der Waals surface area contributed by atoms with Crippen LogP contribution < -0.4 is 0 Å². The van der Waals surface area contributed by atoms with E-state index in [1.165, 1.54) is 6.21 Å². The Kier molecular flexibility index (Phi) is 3.02. The molecule has 3 aromatic rings. The maximum absolute atomic E-state index is 7.23. The van der Waals surface area contributed by atoms with E-state index < -0.39 is 0 Å². The van der Waals surface area contributed by atoms with Gasteiger partial charge in [-0.05, 0) is 48.5 Å². The van der Waals surface area contributed by atoms with Gasteiger partial charge in [0.1, 0.15) is 0 Å². The molecule has 0 atom stereocenters. The standard InChI is InChI=1S/C16H15N3/c17-10-9-15-4-3-13-19(15)16-7-5-14(6-8-16)18-11-1-2-12-18/h1-8,10-13,17H,9H2. The maximum Gasteiger partial charge on any atom is 0.0453 e. The van der Waals surface area contributed by atoms with Crippen molar-refractivity contribution in [3.05, 3.63) is 72.8 Å². The van der Waals surface area contributed by atoms with E-state index in [4.69, 9.17) is 5.41 Å². The number of nitrogens with zero attached hydrogens (tertiary/aromatic N) is 2. The number of nitrogens with one attached hydrogen (secondary N) is 1. The van der Waals surface area contributed by atoms with E-state index in [9.17, 15) is 0 Å². The molecule has 0 amide bonds. The lowest BCUT2D eigenvalue weighted by Crippen LogP contribution is -1.99. The molecule has 0 radical (unpaired) electrons. The third kappa shape index (κ3) is 2.22. The third-order valence-corrected chi connectivity index (χ3v) is 3.17. The van der Waals surface area contributed by atoms with Gasteiger partial charge in [-0.3, -0.25) is 0 Å². The fourth-order valence-electron chi connectivity index (χ4n) is 2.23. The summed E-state index contributed by atoms with van der Waals surface area (Å²) in [6.07, 6.45) is 8.19. The fourth-order valence-corrected chi connectivity index (χ4v) is 2.23. The van der Waals surface area contributed by atoms with Gasteiger partial charge in [0.25, 0.3) is 0 Å². The average Bonchev–Trinajstić information content (AvgIpc) is 3.10. The van der Waals surface area contributed by atoms with E-state index >= 15 is 0 Å². The van der Waals surface area contributed by atoms with Crippen molar-refractivity contribution in [3.8, 4) is 11.4 Å². The maximum atomic E-state index is 7.23. The van der Waals surface area contributed by atoms with Crippen LogP contribution in [0.2, 0.25) is 0 Å². The molecule has 3 rings (SSSR count). The zero-order valence-electron chi connectivity index (χ0n) is 10.5. The molecule has 0 bridgehead atoms. The summed E-state index contributed by atoms with van der Waals surface area (Å²) in [5.41, 5.74) is 3.40. The first-order chi connectivity index (χ1) is 9.38. The largest absolute Gasteiger partial charge is 0.324 e. The number of aromatic nitrogens is 2. The summed E-state index contributed by atoms with van der Waals surface area (Å²) in [6.45, 7) is 0. The molecule has 1 aromatic carbocycles. The van der Waals surface area contributed by atoms with Gasteiger partial charge < -0.3 is 14.5 Å². The molecule has 3 heteroatoms. The Bertz CT molecular complexity index is 660. The van der Waals surface area contributed by atoms with Crippen molar-refractivity contribution in [1.82, 2.24) is 9.13 Å². The molecule has 0 unspecified atom stereocenters. The molecule has 3 nitrogen and oxygen atoms in total. The zero-order valence-corrected chi connectivity index (χ0v) is 10.5. The van der Waals surface area contributed by atoms with Crippen LogP contribution in [0.15, 0.2) is 67.1 Å². The molecule has 2 heterocycles. The topological polar surface area (TPSA) is 33.7 Å². The van der Waals surface area contributed by atoms with Crippen LogP contribution in [0.4, 0.5) is 0 Å². The quantitative estimate of drug-likeness (QED) is 0.687. The van der Waals surface area contributed by atoms with Crippen molar-refractivity contribution < 1.29 is 0 Å². The van der Waals surface area contributed by atoms with Crippen molar-refractivity contribution >= 4 is 6.21 Å². The van der Waals surface area contributed by atoms with Gasteiger partial charge in [0.15, 0.2) is 0 Å². The Hall–Kier alpha value is -2.55. The van der Waals surface area contributed by atoms with E-state index in [1.54, 1.807) is 0 Å². The van der Waals surface area contributed by atoms with Gasteiger partial charge >= 0.3 is 0 Å². The first-order valence-corrected chi connectivity index (χ1v) is 6.27. The molecule has 19 heavy (non-hydrogen) atoms. The molecule has 0 fully saturated rings. The predicted octanol–water partition coefficient (Wildman–Crippen LogP) is 3.46. The third-order valence-electron chi connectivity index (χ3n) is 3.17. The number of benzene rings is 1. The summed E-state index contributed by atoms with van der Waals surface area (Å²) in [4.78, 5) is 0. The number of hydrogen-bond acceptors (Lipinski definition) is 1. The highest BCUT2D eigenvalue weighted by Crippen LogP contribution is 2.16. The van der Waals surface area contributed by atoms with Gasteiger partial charge in [0, 0.05) is 48.3 Å². The van der Waals surface area contributed by atoms with Crippen molar-refractivity contribution in [1.29, 1.82) is 5.41 Å². The van der Waals surface area contributed by atoms with E-state index in [0.717, 1.165) is 17.1 Å². The van der Waals surface area contributed by atoms with Crippen LogP contribution in [0.1, 0.15) is 5.69 Å². The summed E-state index contributed by atoms with van der Waals surface area (Å²) < 4.78 is 4.20. The summed E-state index contributed by atoms with van der Waals surface area (Å²) >= 11 is 0. The lowest BCUT2D eigenvalue weighted by molar-refractivity contribution is 0.986. The summed E-state index contributed by atoms with van der Waals surface area (Å²) in [6, 6.07) is 16.5. The average molecular weight is 249 g/mol. The highest BCUT2D eigenvalue weighted by atomic mass is 15.0. The van der Waals surface area contributed by atoms with Crippen LogP contribution in [0.5, 0.6) is 0 Å². The first-order valence-electron chi connectivity index (χ1n) is 6.27. The highest BCUT2D eigenvalue weighted by molar-refractivity contribution is 5.58. The minimum atomic E-state index is 0.659. The SMILES string of the molecule is N=CCc1cccn1-c1ccc(-n2cccc2)cc1. The molecule has 0 saturated carbocycles. The molecule has 0 aliphatic carbocycles. The number of hydrogen-bond donors (Lipinski definition) is 1. The molecule has 94 valence electrons. The van der Waals surface area contributed by atoms with Crippen LogP contribution in [0.3, 0.4) is 0 Å². The van der Waals surface area contributed by atoms with Crippen molar-refractivity contribution in [3.63, 3.8) is 0 Å². The van der Waals surface area contributed by atoms with Gasteiger partial charge in [-0.1, -0.05) is 0 Å². The van der Waals surface area contributed by atoms with E-state index in [1.807, 2.05) is 42.9 Å². The Morgan fingerprint density at radius 3 is 2.21 bits per heavy atom. The highest BCUT2D eigenvalue weighted by Gasteiger charge is 2.02. The minimum absolute atomic E-state index is 0.659. The van der Waals surface area contributed by atoms with Crippen LogP contribution in [-0.2, 0) is 6.42 Å². The van der Waals surface area contributed by atoms with Crippen LogP contribution in [0, 0.1) is 5.41 Å². The van der Waals surface area contributed by atoms with E-state index in [0.29, 0.717) is 6.42 Å².